The molecule has 1 aromatic carbocycles. The average molecular weight is 335 g/mol. The van der Waals surface area contributed by atoms with Crippen molar-refractivity contribution in [1.29, 1.82) is 0 Å². The number of hydrogen-bond acceptors (Lipinski definition) is 3. The van der Waals surface area contributed by atoms with Crippen molar-refractivity contribution in [3.63, 3.8) is 0 Å². The van der Waals surface area contributed by atoms with Gasteiger partial charge in [-0.2, -0.15) is 0 Å². The van der Waals surface area contributed by atoms with Gasteiger partial charge in [0.15, 0.2) is 5.96 Å². The highest BCUT2D eigenvalue weighted by molar-refractivity contribution is 5.79. The summed E-state index contributed by atoms with van der Waals surface area (Å²) < 4.78 is 11.3. The van der Waals surface area contributed by atoms with Crippen LogP contribution in [0.1, 0.15) is 40.2 Å². The van der Waals surface area contributed by atoms with Crippen molar-refractivity contribution < 1.29 is 9.47 Å². The fourth-order valence-electron chi connectivity index (χ4n) is 2.37. The van der Waals surface area contributed by atoms with Gasteiger partial charge in [0.2, 0.25) is 0 Å². The van der Waals surface area contributed by atoms with E-state index in [0.29, 0.717) is 19.7 Å². The van der Waals surface area contributed by atoms with Gasteiger partial charge in [0.05, 0.1) is 19.3 Å². The van der Waals surface area contributed by atoms with Crippen LogP contribution in [-0.2, 0) is 11.3 Å². The van der Waals surface area contributed by atoms with Crippen LogP contribution in [0, 0.1) is 5.41 Å². The van der Waals surface area contributed by atoms with Gasteiger partial charge in [-0.1, -0.05) is 39.0 Å². The molecule has 0 aliphatic heterocycles. The molecule has 0 aliphatic rings. The number of methoxy groups -OCH3 is 1. The highest BCUT2D eigenvalue weighted by Gasteiger charge is 2.24. The maximum absolute atomic E-state index is 5.66. The summed E-state index contributed by atoms with van der Waals surface area (Å²) in [7, 11) is 1.75. The van der Waals surface area contributed by atoms with E-state index in [2.05, 4.69) is 43.3 Å². The number of rotatable bonds is 8. The predicted molar refractivity (Wildman–Crippen MR) is 101 cm³/mol. The topological polar surface area (TPSA) is 54.9 Å². The van der Waals surface area contributed by atoms with Crippen molar-refractivity contribution in [3.05, 3.63) is 29.8 Å². The van der Waals surface area contributed by atoms with Crippen LogP contribution in [0.2, 0.25) is 0 Å². The first kappa shape index (κ1) is 20.3. The molecule has 0 bridgehead atoms. The third-order valence-corrected chi connectivity index (χ3v) is 3.73. The zero-order valence-electron chi connectivity index (χ0n) is 16.0. The molecule has 0 amide bonds. The Kier molecular flexibility index (Phi) is 8.61. The Hall–Kier alpha value is -1.75. The molecule has 0 fully saturated rings. The molecule has 1 aromatic rings. The average Bonchev–Trinajstić information content (AvgIpc) is 2.53. The van der Waals surface area contributed by atoms with E-state index in [0.717, 1.165) is 23.8 Å². The van der Waals surface area contributed by atoms with Gasteiger partial charge in [0.1, 0.15) is 5.75 Å². The zero-order chi connectivity index (χ0) is 18.0. The molecule has 1 atom stereocenters. The quantitative estimate of drug-likeness (QED) is 0.566. The fourth-order valence-corrected chi connectivity index (χ4v) is 2.37. The van der Waals surface area contributed by atoms with Crippen LogP contribution < -0.4 is 15.4 Å². The third-order valence-electron chi connectivity index (χ3n) is 3.73. The summed E-state index contributed by atoms with van der Waals surface area (Å²) in [5, 5.41) is 6.65. The molecule has 1 unspecified atom stereocenters. The summed E-state index contributed by atoms with van der Waals surface area (Å²) >= 11 is 0. The largest absolute Gasteiger partial charge is 0.494 e. The van der Waals surface area contributed by atoms with Gasteiger partial charge < -0.3 is 20.1 Å². The summed E-state index contributed by atoms with van der Waals surface area (Å²) in [6, 6.07) is 8.02. The fraction of sp³-hybridized carbons (Fsp3) is 0.632. The molecular weight excluding hydrogens is 302 g/mol. The third kappa shape index (κ3) is 6.79. The lowest BCUT2D eigenvalue weighted by molar-refractivity contribution is 0.0205. The molecule has 0 spiro atoms. The molecule has 0 aromatic heterocycles. The lowest BCUT2D eigenvalue weighted by Crippen LogP contribution is -2.45. The van der Waals surface area contributed by atoms with Crippen LogP contribution in [0.15, 0.2) is 29.3 Å². The zero-order valence-corrected chi connectivity index (χ0v) is 16.0. The Morgan fingerprint density at radius 2 is 1.88 bits per heavy atom. The molecule has 1 rings (SSSR count). The Labute approximate surface area is 146 Å². The number of ether oxygens (including phenoxy) is 2. The summed E-state index contributed by atoms with van der Waals surface area (Å²) in [5.74, 6) is 1.68. The summed E-state index contributed by atoms with van der Waals surface area (Å²) in [5.41, 5.74) is 1.15. The van der Waals surface area contributed by atoms with Crippen LogP contribution in [0.5, 0.6) is 5.75 Å². The Morgan fingerprint density at radius 3 is 2.46 bits per heavy atom. The lowest BCUT2D eigenvalue weighted by atomic mass is 9.89. The van der Waals surface area contributed by atoms with E-state index in [9.17, 15) is 0 Å². The normalized spacial score (nSPS) is 13.5. The van der Waals surface area contributed by atoms with Gasteiger partial charge in [0, 0.05) is 25.8 Å². The molecule has 0 radical (unpaired) electrons. The maximum atomic E-state index is 5.66. The second kappa shape index (κ2) is 10.2. The van der Waals surface area contributed by atoms with Crippen molar-refractivity contribution in [2.75, 3.05) is 26.8 Å². The number of hydrogen-bond donors (Lipinski definition) is 2. The van der Waals surface area contributed by atoms with E-state index < -0.39 is 0 Å². The molecule has 0 aliphatic carbocycles. The monoisotopic (exact) mass is 335 g/mol. The molecular formula is C19H33N3O2. The van der Waals surface area contributed by atoms with Gasteiger partial charge >= 0.3 is 0 Å². The summed E-state index contributed by atoms with van der Waals surface area (Å²) in [6.07, 6.45) is 0.108. The molecule has 5 heteroatoms. The Bertz CT molecular complexity index is 510. The number of aliphatic imine (C=N–C) groups is 1. The first-order valence-corrected chi connectivity index (χ1v) is 8.68. The van der Waals surface area contributed by atoms with Gasteiger partial charge in [-0.25, -0.2) is 4.99 Å². The van der Waals surface area contributed by atoms with Crippen LogP contribution in [0.3, 0.4) is 0 Å². The van der Waals surface area contributed by atoms with Gasteiger partial charge in [-0.15, -0.1) is 0 Å². The van der Waals surface area contributed by atoms with E-state index in [1.807, 2.05) is 31.2 Å². The summed E-state index contributed by atoms with van der Waals surface area (Å²) in [6.45, 7) is 13.3. The Morgan fingerprint density at radius 1 is 1.17 bits per heavy atom. The van der Waals surface area contributed by atoms with Gasteiger partial charge in [-0.05, 0) is 25.3 Å². The highest BCUT2D eigenvalue weighted by Crippen LogP contribution is 2.21. The van der Waals surface area contributed by atoms with E-state index >= 15 is 0 Å². The minimum Gasteiger partial charge on any atom is -0.494 e. The Balaban J connectivity index is 2.75. The summed E-state index contributed by atoms with van der Waals surface area (Å²) in [4.78, 5) is 4.67. The minimum absolute atomic E-state index is 0.0701. The molecule has 0 saturated carbocycles. The highest BCUT2D eigenvalue weighted by atomic mass is 16.5. The minimum atomic E-state index is 0.0701. The van der Waals surface area contributed by atoms with E-state index in [1.54, 1.807) is 7.11 Å². The van der Waals surface area contributed by atoms with Crippen LogP contribution >= 0.6 is 0 Å². The van der Waals surface area contributed by atoms with Gasteiger partial charge in [-0.3, -0.25) is 0 Å². The molecule has 5 nitrogen and oxygen atoms in total. The SMILES string of the molecule is CCNC(=NCc1ccccc1OCC)NCC(OC)C(C)(C)C. The first-order valence-electron chi connectivity index (χ1n) is 8.68. The number of nitrogens with zero attached hydrogens (tertiary/aromatic N) is 1. The maximum Gasteiger partial charge on any atom is 0.191 e. The first-order chi connectivity index (χ1) is 11.4. The van der Waals surface area contributed by atoms with E-state index in [-0.39, 0.29) is 11.5 Å². The molecule has 136 valence electrons. The second-order valence-corrected chi connectivity index (χ2v) is 6.71. The predicted octanol–water partition coefficient (Wildman–Crippen LogP) is 3.20. The van der Waals surface area contributed by atoms with Crippen molar-refractivity contribution in [1.82, 2.24) is 10.6 Å². The van der Waals surface area contributed by atoms with Gasteiger partial charge in [0.25, 0.3) is 0 Å². The van der Waals surface area contributed by atoms with Crippen molar-refractivity contribution in [2.45, 2.75) is 47.3 Å². The number of para-hydroxylation sites is 1. The number of guanidine groups is 1. The van der Waals surface area contributed by atoms with Crippen molar-refractivity contribution >= 4 is 5.96 Å². The van der Waals surface area contributed by atoms with E-state index in [4.69, 9.17) is 9.47 Å². The van der Waals surface area contributed by atoms with Crippen molar-refractivity contribution in [3.8, 4) is 5.75 Å². The van der Waals surface area contributed by atoms with Crippen LogP contribution in [0.25, 0.3) is 0 Å². The number of nitrogens with one attached hydrogen (secondary N) is 2. The van der Waals surface area contributed by atoms with Crippen LogP contribution in [0.4, 0.5) is 0 Å². The molecule has 24 heavy (non-hydrogen) atoms. The standard InChI is InChI=1S/C19H33N3O2/c1-7-20-18(22-14-17(23-6)19(3,4)5)21-13-15-11-9-10-12-16(15)24-8-2/h9-12,17H,7-8,13-14H2,1-6H3,(H2,20,21,22). The second-order valence-electron chi connectivity index (χ2n) is 6.71. The molecule has 2 N–H and O–H groups in total. The molecule has 0 heterocycles. The van der Waals surface area contributed by atoms with Crippen LogP contribution in [-0.4, -0.2) is 38.9 Å². The number of benzene rings is 1. The van der Waals surface area contributed by atoms with E-state index in [1.165, 1.54) is 0 Å². The van der Waals surface area contributed by atoms with Crippen molar-refractivity contribution in [2.24, 2.45) is 10.4 Å². The lowest BCUT2D eigenvalue weighted by Gasteiger charge is -2.30. The smallest absolute Gasteiger partial charge is 0.191 e. The molecule has 0 saturated heterocycles.